The number of amides is 1. The summed E-state index contributed by atoms with van der Waals surface area (Å²) in [5.74, 6) is 0.931. The van der Waals surface area contributed by atoms with Gasteiger partial charge in [-0.1, -0.05) is 12.1 Å². The van der Waals surface area contributed by atoms with E-state index in [1.54, 1.807) is 12.1 Å². The zero-order valence-corrected chi connectivity index (χ0v) is 14.8. The number of benzene rings is 1. The van der Waals surface area contributed by atoms with Gasteiger partial charge < -0.3 is 14.4 Å². The summed E-state index contributed by atoms with van der Waals surface area (Å²) in [4.78, 5) is 14.4. The first-order valence-electron chi connectivity index (χ1n) is 7.25. The van der Waals surface area contributed by atoms with Gasteiger partial charge in [0.15, 0.2) is 0 Å². The Balaban J connectivity index is 1.62. The Labute approximate surface area is 147 Å². The molecule has 1 atom stereocenters. The van der Waals surface area contributed by atoms with Crippen LogP contribution in [-0.4, -0.2) is 47.3 Å². The molecular formula is C16H16IN3O3. The number of carbonyl (C=O) groups excluding carboxylic acids is 1. The molecule has 6 nitrogen and oxygen atoms in total. The van der Waals surface area contributed by atoms with E-state index >= 15 is 0 Å². The lowest BCUT2D eigenvalue weighted by molar-refractivity contribution is 0.0770. The molecule has 2 heterocycles. The van der Waals surface area contributed by atoms with E-state index in [0.29, 0.717) is 24.8 Å². The maximum absolute atomic E-state index is 12.6. The van der Waals surface area contributed by atoms with Crippen LogP contribution in [0.1, 0.15) is 16.8 Å². The van der Waals surface area contributed by atoms with Crippen molar-refractivity contribution in [2.24, 2.45) is 0 Å². The molecule has 120 valence electrons. The number of methoxy groups -OCH3 is 1. The van der Waals surface area contributed by atoms with Gasteiger partial charge in [0.2, 0.25) is 11.8 Å². The Morgan fingerprint density at radius 2 is 1.96 bits per heavy atom. The number of hydrogen-bond acceptors (Lipinski definition) is 5. The maximum Gasteiger partial charge on any atom is 0.255 e. The molecular weight excluding hydrogens is 409 g/mol. The highest BCUT2D eigenvalue weighted by Gasteiger charge is 2.29. The molecule has 1 aromatic heterocycles. The number of carbonyl (C=O) groups is 1. The maximum atomic E-state index is 12.6. The Hall–Kier alpha value is -1.90. The minimum Gasteiger partial charge on any atom is -0.480 e. The van der Waals surface area contributed by atoms with Gasteiger partial charge in [-0.25, -0.2) is 0 Å². The largest absolute Gasteiger partial charge is 0.480 e. The van der Waals surface area contributed by atoms with Gasteiger partial charge in [0, 0.05) is 28.7 Å². The van der Waals surface area contributed by atoms with Crippen LogP contribution in [0.4, 0.5) is 0 Å². The molecule has 23 heavy (non-hydrogen) atoms. The van der Waals surface area contributed by atoms with Crippen molar-refractivity contribution in [1.29, 1.82) is 0 Å². The number of halogens is 1. The van der Waals surface area contributed by atoms with Gasteiger partial charge in [0.1, 0.15) is 6.10 Å². The summed E-state index contributed by atoms with van der Waals surface area (Å²) in [5, 5.41) is 7.83. The lowest BCUT2D eigenvalue weighted by Gasteiger charge is -2.17. The second-order valence-electron chi connectivity index (χ2n) is 5.17. The standard InChI is InChI=1S/C16H16IN3O3/c1-22-14-6-7-15(19-18-14)23-11-8-9-20(10-11)16(21)12-4-2-3-5-13(12)17/h2-7,11H,8-10H2,1H3. The van der Waals surface area contributed by atoms with Crippen LogP contribution in [0.5, 0.6) is 11.8 Å². The Morgan fingerprint density at radius 3 is 2.65 bits per heavy atom. The second-order valence-corrected chi connectivity index (χ2v) is 6.34. The van der Waals surface area contributed by atoms with Crippen molar-refractivity contribution in [1.82, 2.24) is 15.1 Å². The normalized spacial score (nSPS) is 17.1. The number of likely N-dealkylation sites (tertiary alicyclic amines) is 1. The van der Waals surface area contributed by atoms with Gasteiger partial charge >= 0.3 is 0 Å². The third kappa shape index (κ3) is 3.72. The number of rotatable bonds is 4. The predicted octanol–water partition coefficient (Wildman–Crippen LogP) is 2.38. The molecule has 7 heteroatoms. The molecule has 0 N–H and O–H groups in total. The van der Waals surface area contributed by atoms with Crippen molar-refractivity contribution in [3.05, 3.63) is 45.5 Å². The first-order chi connectivity index (χ1) is 11.2. The van der Waals surface area contributed by atoms with E-state index < -0.39 is 0 Å². The molecule has 1 fully saturated rings. The fourth-order valence-corrected chi connectivity index (χ4v) is 3.08. The van der Waals surface area contributed by atoms with Crippen LogP contribution in [-0.2, 0) is 0 Å². The first-order valence-corrected chi connectivity index (χ1v) is 8.33. The van der Waals surface area contributed by atoms with Crippen molar-refractivity contribution in [2.75, 3.05) is 20.2 Å². The Kier molecular flexibility index (Phi) is 4.94. The lowest BCUT2D eigenvalue weighted by atomic mass is 10.2. The van der Waals surface area contributed by atoms with E-state index in [4.69, 9.17) is 9.47 Å². The molecule has 0 bridgehead atoms. The van der Waals surface area contributed by atoms with Crippen molar-refractivity contribution >= 4 is 28.5 Å². The van der Waals surface area contributed by atoms with Crippen LogP contribution < -0.4 is 9.47 Å². The van der Waals surface area contributed by atoms with Gasteiger partial charge in [-0.2, -0.15) is 0 Å². The minimum atomic E-state index is -0.0666. The Bertz CT molecular complexity index is 693. The highest BCUT2D eigenvalue weighted by molar-refractivity contribution is 14.1. The molecule has 1 amide bonds. The van der Waals surface area contributed by atoms with Crippen molar-refractivity contribution in [2.45, 2.75) is 12.5 Å². The van der Waals surface area contributed by atoms with Crippen LogP contribution >= 0.6 is 22.6 Å². The highest BCUT2D eigenvalue weighted by Crippen LogP contribution is 2.21. The second kappa shape index (κ2) is 7.12. The fraction of sp³-hybridized carbons (Fsp3) is 0.312. The highest BCUT2D eigenvalue weighted by atomic mass is 127. The average Bonchev–Trinajstić information content (AvgIpc) is 3.04. The monoisotopic (exact) mass is 425 g/mol. The SMILES string of the molecule is COc1ccc(OC2CCN(C(=O)c3ccccc3I)C2)nn1. The van der Waals surface area contributed by atoms with Gasteiger partial charge in [-0.15, -0.1) is 10.2 Å². The quantitative estimate of drug-likeness (QED) is 0.705. The van der Waals surface area contributed by atoms with E-state index in [2.05, 4.69) is 32.8 Å². The predicted molar refractivity (Wildman–Crippen MR) is 92.7 cm³/mol. The van der Waals surface area contributed by atoms with Gasteiger partial charge in [0.25, 0.3) is 5.91 Å². The smallest absolute Gasteiger partial charge is 0.255 e. The molecule has 1 aromatic carbocycles. The summed E-state index contributed by atoms with van der Waals surface area (Å²) >= 11 is 2.18. The van der Waals surface area contributed by atoms with Crippen LogP contribution in [0, 0.1) is 3.57 Å². The average molecular weight is 425 g/mol. The number of aromatic nitrogens is 2. The molecule has 1 aliphatic heterocycles. The van der Waals surface area contributed by atoms with Crippen molar-refractivity contribution in [3.63, 3.8) is 0 Å². The van der Waals surface area contributed by atoms with Crippen LogP contribution in [0.2, 0.25) is 0 Å². The minimum absolute atomic E-state index is 0.0434. The lowest BCUT2D eigenvalue weighted by Crippen LogP contribution is -2.31. The zero-order chi connectivity index (χ0) is 16.2. The van der Waals surface area contributed by atoms with Crippen LogP contribution in [0.3, 0.4) is 0 Å². The molecule has 0 radical (unpaired) electrons. The molecule has 1 saturated heterocycles. The summed E-state index contributed by atoms with van der Waals surface area (Å²) < 4.78 is 11.7. The molecule has 0 saturated carbocycles. The number of hydrogen-bond donors (Lipinski definition) is 0. The summed E-state index contributed by atoms with van der Waals surface area (Å²) in [6.45, 7) is 1.23. The summed E-state index contributed by atoms with van der Waals surface area (Å²) in [6, 6.07) is 11.0. The van der Waals surface area contributed by atoms with Crippen LogP contribution in [0.25, 0.3) is 0 Å². The topological polar surface area (TPSA) is 64.6 Å². The molecule has 0 spiro atoms. The van der Waals surface area contributed by atoms with Crippen molar-refractivity contribution < 1.29 is 14.3 Å². The van der Waals surface area contributed by atoms with E-state index in [9.17, 15) is 4.79 Å². The van der Waals surface area contributed by atoms with E-state index in [1.165, 1.54) is 7.11 Å². The summed E-state index contributed by atoms with van der Waals surface area (Å²) in [7, 11) is 1.54. The van der Waals surface area contributed by atoms with Crippen molar-refractivity contribution in [3.8, 4) is 11.8 Å². The fourth-order valence-electron chi connectivity index (χ4n) is 2.46. The summed E-state index contributed by atoms with van der Waals surface area (Å²) in [6.07, 6.45) is 0.714. The number of nitrogens with zero attached hydrogens (tertiary/aromatic N) is 3. The third-order valence-corrected chi connectivity index (χ3v) is 4.59. The molecule has 1 unspecified atom stereocenters. The van der Waals surface area contributed by atoms with Gasteiger partial charge in [-0.05, 0) is 34.7 Å². The molecule has 1 aliphatic rings. The summed E-state index contributed by atoms with van der Waals surface area (Å²) in [5.41, 5.74) is 0.734. The van der Waals surface area contributed by atoms with Crippen LogP contribution in [0.15, 0.2) is 36.4 Å². The van der Waals surface area contributed by atoms with E-state index in [0.717, 1.165) is 15.6 Å². The molecule has 3 rings (SSSR count). The molecule has 2 aromatic rings. The van der Waals surface area contributed by atoms with E-state index in [1.807, 2.05) is 29.2 Å². The Morgan fingerprint density at radius 1 is 1.22 bits per heavy atom. The number of ether oxygens (including phenoxy) is 2. The first kappa shape index (κ1) is 16.0. The third-order valence-electron chi connectivity index (χ3n) is 3.65. The van der Waals surface area contributed by atoms with Gasteiger partial charge in [0.05, 0.1) is 19.2 Å². The van der Waals surface area contributed by atoms with E-state index in [-0.39, 0.29) is 12.0 Å². The van der Waals surface area contributed by atoms with Gasteiger partial charge in [-0.3, -0.25) is 4.79 Å². The molecule has 0 aliphatic carbocycles. The zero-order valence-electron chi connectivity index (χ0n) is 12.6.